The monoisotopic (exact) mass is 453 g/mol. The summed E-state index contributed by atoms with van der Waals surface area (Å²) in [7, 11) is 0. The molecule has 2 atom stereocenters. The van der Waals surface area contributed by atoms with Crippen LogP contribution >= 0.6 is 0 Å². The molecule has 176 valence electrons. The van der Waals surface area contributed by atoms with Crippen LogP contribution in [0.1, 0.15) is 55.2 Å². The van der Waals surface area contributed by atoms with Crippen LogP contribution in [0.15, 0.2) is 72.8 Å². The first kappa shape index (κ1) is 22.7. The number of carbonyl (C=O) groups is 1. The number of aryl methyl sites for hydroxylation is 1. The Morgan fingerprint density at radius 2 is 1.76 bits per heavy atom. The van der Waals surface area contributed by atoms with Crippen LogP contribution in [-0.2, 0) is 17.6 Å². The van der Waals surface area contributed by atoms with Gasteiger partial charge in [-0.2, -0.15) is 0 Å². The summed E-state index contributed by atoms with van der Waals surface area (Å²) in [5.41, 5.74) is 6.60. The van der Waals surface area contributed by atoms with Crippen molar-refractivity contribution in [1.29, 1.82) is 0 Å². The van der Waals surface area contributed by atoms with Crippen molar-refractivity contribution in [2.45, 2.75) is 51.4 Å². The van der Waals surface area contributed by atoms with Crippen molar-refractivity contribution in [1.82, 2.24) is 4.90 Å². The number of ether oxygens (including phenoxy) is 1. The maximum absolute atomic E-state index is 12.7. The van der Waals surface area contributed by atoms with Gasteiger partial charge in [-0.25, -0.2) is 0 Å². The Morgan fingerprint density at radius 1 is 1.00 bits per heavy atom. The molecule has 0 N–H and O–H groups in total. The molecule has 0 spiro atoms. The number of hydrogen-bond acceptors (Lipinski definition) is 2. The molecule has 0 bridgehead atoms. The van der Waals surface area contributed by atoms with Crippen LogP contribution in [0.5, 0.6) is 5.75 Å². The van der Waals surface area contributed by atoms with E-state index in [1.165, 1.54) is 27.8 Å². The Morgan fingerprint density at radius 3 is 2.53 bits per heavy atom. The summed E-state index contributed by atoms with van der Waals surface area (Å²) in [6, 6.07) is 26.1. The number of hydrogen-bond donors (Lipinski definition) is 0. The Labute approximate surface area is 203 Å². The van der Waals surface area contributed by atoms with Gasteiger partial charge in [-0.1, -0.05) is 67.6 Å². The van der Waals surface area contributed by atoms with E-state index >= 15 is 0 Å². The van der Waals surface area contributed by atoms with E-state index in [1.54, 1.807) is 0 Å². The van der Waals surface area contributed by atoms with Crippen LogP contribution in [0.2, 0.25) is 0 Å². The zero-order chi connectivity index (χ0) is 23.3. The summed E-state index contributed by atoms with van der Waals surface area (Å²) in [4.78, 5) is 14.8. The first-order valence-corrected chi connectivity index (χ1v) is 12.9. The molecule has 0 aliphatic carbocycles. The maximum atomic E-state index is 12.7. The van der Waals surface area contributed by atoms with Gasteiger partial charge in [0, 0.05) is 31.8 Å². The van der Waals surface area contributed by atoms with Crippen LogP contribution in [0.4, 0.5) is 0 Å². The molecule has 2 heterocycles. The standard InChI is InChI=1S/C31H35NO2/c1-2-9-30(33)32-18-16-25(29(22-32)24-12-7-4-8-13-24)14-15-26-20-28(23-10-5-3-6-11-23)21-27-17-19-34-31(26)27/h3-8,10-13,20-21,25,29H,2,9,14-19,22H2,1H3. The number of fused-ring (bicyclic) bond motifs is 1. The highest BCUT2D eigenvalue weighted by Gasteiger charge is 2.32. The average Bonchev–Trinajstić information content (AvgIpc) is 3.37. The number of piperidine rings is 1. The molecule has 2 unspecified atom stereocenters. The summed E-state index contributed by atoms with van der Waals surface area (Å²) in [6.45, 7) is 4.59. The molecule has 5 rings (SSSR count). The zero-order valence-electron chi connectivity index (χ0n) is 20.2. The topological polar surface area (TPSA) is 29.5 Å². The van der Waals surface area contributed by atoms with Crippen molar-refractivity contribution in [3.63, 3.8) is 0 Å². The Balaban J connectivity index is 1.37. The molecule has 3 heteroatoms. The second-order valence-corrected chi connectivity index (χ2v) is 9.78. The first-order valence-electron chi connectivity index (χ1n) is 12.9. The Bertz CT molecular complexity index is 1110. The minimum Gasteiger partial charge on any atom is -0.493 e. The average molecular weight is 454 g/mol. The van der Waals surface area contributed by atoms with Gasteiger partial charge in [-0.15, -0.1) is 0 Å². The van der Waals surface area contributed by atoms with Gasteiger partial charge in [0.15, 0.2) is 0 Å². The number of benzene rings is 3. The quantitative estimate of drug-likeness (QED) is 0.401. The Hall–Kier alpha value is -3.07. The third-order valence-electron chi connectivity index (χ3n) is 7.55. The van der Waals surface area contributed by atoms with Crippen LogP contribution in [-0.4, -0.2) is 30.5 Å². The van der Waals surface area contributed by atoms with E-state index in [1.807, 2.05) is 0 Å². The zero-order valence-corrected chi connectivity index (χ0v) is 20.2. The second kappa shape index (κ2) is 10.5. The van der Waals surface area contributed by atoms with Gasteiger partial charge < -0.3 is 9.64 Å². The Kier molecular flexibility index (Phi) is 6.99. The molecule has 2 aliphatic rings. The highest BCUT2D eigenvalue weighted by molar-refractivity contribution is 5.76. The lowest BCUT2D eigenvalue weighted by Crippen LogP contribution is -2.42. The predicted molar refractivity (Wildman–Crippen MR) is 138 cm³/mol. The van der Waals surface area contributed by atoms with Crippen LogP contribution in [0.3, 0.4) is 0 Å². The number of amides is 1. The molecular formula is C31H35NO2. The molecule has 3 nitrogen and oxygen atoms in total. The van der Waals surface area contributed by atoms with Gasteiger partial charge in [0.2, 0.25) is 5.91 Å². The third kappa shape index (κ3) is 4.89. The minimum absolute atomic E-state index is 0.309. The summed E-state index contributed by atoms with van der Waals surface area (Å²) in [6.07, 6.45) is 5.76. The predicted octanol–water partition coefficient (Wildman–Crippen LogP) is 6.65. The van der Waals surface area contributed by atoms with Crippen molar-refractivity contribution in [3.8, 4) is 16.9 Å². The summed E-state index contributed by atoms with van der Waals surface area (Å²) >= 11 is 0. The van der Waals surface area contributed by atoms with E-state index in [4.69, 9.17) is 4.74 Å². The van der Waals surface area contributed by atoms with Gasteiger partial charge >= 0.3 is 0 Å². The molecule has 34 heavy (non-hydrogen) atoms. The number of carbonyl (C=O) groups excluding carboxylic acids is 1. The van der Waals surface area contributed by atoms with Gasteiger partial charge in [0.1, 0.15) is 5.75 Å². The second-order valence-electron chi connectivity index (χ2n) is 9.78. The normalized spacial score (nSPS) is 19.5. The molecule has 0 aromatic heterocycles. The van der Waals surface area contributed by atoms with Gasteiger partial charge in [0.05, 0.1) is 6.61 Å². The maximum Gasteiger partial charge on any atom is 0.222 e. The van der Waals surface area contributed by atoms with Crippen molar-refractivity contribution in [2.75, 3.05) is 19.7 Å². The van der Waals surface area contributed by atoms with Crippen LogP contribution in [0, 0.1) is 5.92 Å². The molecule has 0 radical (unpaired) electrons. The van der Waals surface area contributed by atoms with E-state index in [9.17, 15) is 4.79 Å². The number of rotatable bonds is 7. The lowest BCUT2D eigenvalue weighted by molar-refractivity contribution is -0.133. The van der Waals surface area contributed by atoms with Crippen LogP contribution in [0.25, 0.3) is 11.1 Å². The van der Waals surface area contributed by atoms with Crippen molar-refractivity contribution >= 4 is 5.91 Å². The fourth-order valence-electron chi connectivity index (χ4n) is 5.73. The number of nitrogens with zero attached hydrogens (tertiary/aromatic N) is 1. The molecule has 1 amide bonds. The molecule has 3 aromatic rings. The SMILES string of the molecule is CCCC(=O)N1CCC(CCc2cc(-c3ccccc3)cc3c2OCC3)C(c2ccccc2)C1. The molecule has 1 saturated heterocycles. The van der Waals surface area contributed by atoms with E-state index in [2.05, 4.69) is 84.6 Å². The third-order valence-corrected chi connectivity index (χ3v) is 7.55. The largest absolute Gasteiger partial charge is 0.493 e. The smallest absolute Gasteiger partial charge is 0.222 e. The fourth-order valence-corrected chi connectivity index (χ4v) is 5.73. The van der Waals surface area contributed by atoms with E-state index < -0.39 is 0 Å². The molecule has 3 aromatic carbocycles. The highest BCUT2D eigenvalue weighted by atomic mass is 16.5. The van der Waals surface area contributed by atoms with E-state index in [0.29, 0.717) is 24.2 Å². The summed E-state index contributed by atoms with van der Waals surface area (Å²) < 4.78 is 6.09. The van der Waals surface area contributed by atoms with Crippen LogP contribution < -0.4 is 4.74 Å². The summed E-state index contributed by atoms with van der Waals surface area (Å²) in [5.74, 6) is 2.38. The molecule has 2 aliphatic heterocycles. The first-order chi connectivity index (χ1) is 16.7. The van der Waals surface area contributed by atoms with E-state index in [-0.39, 0.29) is 0 Å². The van der Waals surface area contributed by atoms with Gasteiger partial charge in [-0.05, 0) is 71.6 Å². The van der Waals surface area contributed by atoms with Crippen molar-refractivity contribution in [3.05, 3.63) is 89.5 Å². The molecule has 1 fully saturated rings. The number of likely N-dealkylation sites (tertiary alicyclic amines) is 1. The lowest BCUT2D eigenvalue weighted by atomic mass is 9.77. The highest BCUT2D eigenvalue weighted by Crippen LogP contribution is 2.39. The fraction of sp³-hybridized carbons (Fsp3) is 0.387. The lowest BCUT2D eigenvalue weighted by Gasteiger charge is -2.39. The van der Waals surface area contributed by atoms with E-state index in [0.717, 1.165) is 57.6 Å². The van der Waals surface area contributed by atoms with Gasteiger partial charge in [0.25, 0.3) is 0 Å². The summed E-state index contributed by atoms with van der Waals surface area (Å²) in [5, 5.41) is 0. The molecule has 0 saturated carbocycles. The van der Waals surface area contributed by atoms with Crippen molar-refractivity contribution in [2.24, 2.45) is 5.92 Å². The van der Waals surface area contributed by atoms with Crippen molar-refractivity contribution < 1.29 is 9.53 Å². The van der Waals surface area contributed by atoms with Gasteiger partial charge in [-0.3, -0.25) is 4.79 Å². The molecular weight excluding hydrogens is 418 g/mol. The minimum atomic E-state index is 0.309.